The van der Waals surface area contributed by atoms with E-state index >= 15 is 0 Å². The number of halogens is 2. The molecule has 0 rings (SSSR count). The molecule has 3 heteroatoms. The van der Waals surface area contributed by atoms with Crippen molar-refractivity contribution in [2.24, 2.45) is 0 Å². The fraction of sp³-hybridized carbons (Fsp3) is 1.00. The van der Waals surface area contributed by atoms with E-state index in [4.69, 9.17) is 0 Å². The van der Waals surface area contributed by atoms with Crippen LogP contribution in [0.25, 0.3) is 0 Å². The summed E-state index contributed by atoms with van der Waals surface area (Å²) in [5.41, 5.74) is 4.18. The largest absolute Gasteiger partial charge is 1.00 e. The van der Waals surface area contributed by atoms with Crippen molar-refractivity contribution in [2.45, 2.75) is 32.7 Å². The van der Waals surface area contributed by atoms with Crippen LogP contribution in [-0.2, 0) is 0 Å². The lowest BCUT2D eigenvalue weighted by molar-refractivity contribution is -0.466. The van der Waals surface area contributed by atoms with Crippen molar-refractivity contribution in [3.05, 3.63) is 0 Å². The van der Waals surface area contributed by atoms with Gasteiger partial charge in [0.05, 0.1) is 5.54 Å². The Morgan fingerprint density at radius 1 is 1.38 bits per heavy atom. The molecule has 54 valence electrons. The first-order chi connectivity index (χ1) is 2.56. The first kappa shape index (κ1) is 15.8. The Morgan fingerprint density at radius 3 is 1.50 bits per heavy atom. The standard InChI is InChI=1S/C5H13N.2ClH/c1-4-5(2,3)6;;/h4,6H2,1-3H3;2*1H. The van der Waals surface area contributed by atoms with Gasteiger partial charge < -0.3 is 18.1 Å². The summed E-state index contributed by atoms with van der Waals surface area (Å²) in [5, 5.41) is 0. The monoisotopic (exact) mass is 159 g/mol. The van der Waals surface area contributed by atoms with E-state index in [2.05, 4.69) is 26.5 Å². The SMILES string of the molecule is CCC(C)(C)[NH3+].Cl.[Cl-]. The van der Waals surface area contributed by atoms with Crippen molar-refractivity contribution in [3.8, 4) is 0 Å². The van der Waals surface area contributed by atoms with Gasteiger partial charge in [0.2, 0.25) is 0 Å². The van der Waals surface area contributed by atoms with Gasteiger partial charge in [0.1, 0.15) is 0 Å². The van der Waals surface area contributed by atoms with Gasteiger partial charge >= 0.3 is 0 Å². The summed E-state index contributed by atoms with van der Waals surface area (Å²) in [6.07, 6.45) is 1.16. The smallest absolute Gasteiger partial charge is 0.0886 e. The summed E-state index contributed by atoms with van der Waals surface area (Å²) >= 11 is 0. The van der Waals surface area contributed by atoms with Gasteiger partial charge in [-0.15, -0.1) is 12.4 Å². The minimum atomic E-state index is 0. The highest BCUT2D eigenvalue weighted by molar-refractivity contribution is 5.85. The third-order valence-electron chi connectivity index (χ3n) is 0.957. The molecule has 0 radical (unpaired) electrons. The highest BCUT2D eigenvalue weighted by Gasteiger charge is 2.08. The zero-order valence-corrected chi connectivity index (χ0v) is 7.27. The molecule has 0 fully saturated rings. The van der Waals surface area contributed by atoms with Crippen molar-refractivity contribution >= 4 is 12.4 Å². The van der Waals surface area contributed by atoms with E-state index in [0.29, 0.717) is 5.54 Å². The van der Waals surface area contributed by atoms with Crippen LogP contribution >= 0.6 is 12.4 Å². The number of quaternary nitrogens is 1. The number of hydrogen-bond donors (Lipinski definition) is 1. The highest BCUT2D eigenvalue weighted by Crippen LogP contribution is 1.96. The molecule has 0 atom stereocenters. The second-order valence-corrected chi connectivity index (χ2v) is 2.52. The fourth-order valence-corrected chi connectivity index (χ4v) is 0. The zero-order chi connectivity index (χ0) is 5.21. The molecule has 3 N–H and O–H groups in total. The van der Waals surface area contributed by atoms with E-state index in [0.717, 1.165) is 6.42 Å². The predicted octanol–water partition coefficient (Wildman–Crippen LogP) is -2.16. The van der Waals surface area contributed by atoms with Crippen LogP contribution in [0.2, 0.25) is 0 Å². The quantitative estimate of drug-likeness (QED) is 0.452. The second-order valence-electron chi connectivity index (χ2n) is 2.52. The highest BCUT2D eigenvalue weighted by atomic mass is 35.5. The van der Waals surface area contributed by atoms with Gasteiger partial charge in [0, 0.05) is 0 Å². The Bertz CT molecular complexity index is 40.2. The fourth-order valence-electron chi connectivity index (χ4n) is 0. The summed E-state index contributed by atoms with van der Waals surface area (Å²) in [5.74, 6) is 0. The van der Waals surface area contributed by atoms with Crippen molar-refractivity contribution in [1.29, 1.82) is 0 Å². The molecule has 0 amide bonds. The average molecular weight is 160 g/mol. The number of hydrogen-bond acceptors (Lipinski definition) is 0. The predicted molar refractivity (Wildman–Crippen MR) is 34.5 cm³/mol. The molecule has 0 saturated carbocycles. The van der Waals surface area contributed by atoms with Crippen LogP contribution in [0.3, 0.4) is 0 Å². The van der Waals surface area contributed by atoms with Gasteiger partial charge in [-0.1, -0.05) is 6.92 Å². The van der Waals surface area contributed by atoms with Crippen LogP contribution in [0.5, 0.6) is 0 Å². The minimum Gasteiger partial charge on any atom is -1.00 e. The lowest BCUT2D eigenvalue weighted by Crippen LogP contribution is -3.00. The molecule has 0 heterocycles. The van der Waals surface area contributed by atoms with Crippen LogP contribution < -0.4 is 18.1 Å². The third-order valence-corrected chi connectivity index (χ3v) is 0.957. The Balaban J connectivity index is -0.000000125. The van der Waals surface area contributed by atoms with E-state index in [1.54, 1.807) is 0 Å². The summed E-state index contributed by atoms with van der Waals surface area (Å²) in [7, 11) is 0. The Morgan fingerprint density at radius 2 is 1.50 bits per heavy atom. The average Bonchev–Trinajstić information content (AvgIpc) is 1.35. The van der Waals surface area contributed by atoms with Gasteiger partial charge in [-0.2, -0.15) is 0 Å². The Kier molecular flexibility index (Phi) is 11.2. The van der Waals surface area contributed by atoms with Crippen molar-refractivity contribution in [2.75, 3.05) is 0 Å². The van der Waals surface area contributed by atoms with Gasteiger partial charge in [0.25, 0.3) is 0 Å². The topological polar surface area (TPSA) is 27.6 Å². The Hall–Kier alpha value is 0.540. The van der Waals surface area contributed by atoms with E-state index < -0.39 is 0 Å². The van der Waals surface area contributed by atoms with Crippen LogP contribution in [0.15, 0.2) is 0 Å². The zero-order valence-electron chi connectivity index (χ0n) is 5.70. The van der Waals surface area contributed by atoms with E-state index in [1.807, 2.05) is 0 Å². The van der Waals surface area contributed by atoms with Gasteiger partial charge in [0.15, 0.2) is 0 Å². The Labute approximate surface area is 63.8 Å². The van der Waals surface area contributed by atoms with Crippen LogP contribution in [0.4, 0.5) is 0 Å². The molecule has 0 spiro atoms. The summed E-state index contributed by atoms with van der Waals surface area (Å²) in [6, 6.07) is 0. The van der Waals surface area contributed by atoms with Gasteiger partial charge in [-0.05, 0) is 20.3 Å². The molecule has 8 heavy (non-hydrogen) atoms. The molecule has 1 nitrogen and oxygen atoms in total. The first-order valence-electron chi connectivity index (χ1n) is 2.41. The molecule has 0 aliphatic carbocycles. The second kappa shape index (κ2) is 5.67. The van der Waals surface area contributed by atoms with Crippen LogP contribution in [0, 0.1) is 0 Å². The maximum absolute atomic E-state index is 3.89. The molecule has 0 aliphatic heterocycles. The van der Waals surface area contributed by atoms with E-state index in [1.165, 1.54) is 0 Å². The molecular formula is C5H15Cl2N. The minimum absolute atomic E-state index is 0. The van der Waals surface area contributed by atoms with E-state index in [-0.39, 0.29) is 24.8 Å². The molecule has 0 aromatic carbocycles. The first-order valence-corrected chi connectivity index (χ1v) is 2.41. The van der Waals surface area contributed by atoms with Crippen LogP contribution in [-0.4, -0.2) is 5.54 Å². The number of rotatable bonds is 1. The maximum Gasteiger partial charge on any atom is 0.0886 e. The van der Waals surface area contributed by atoms with Gasteiger partial charge in [-0.25, -0.2) is 0 Å². The maximum atomic E-state index is 3.89. The van der Waals surface area contributed by atoms with Crippen molar-refractivity contribution in [1.82, 2.24) is 0 Å². The van der Waals surface area contributed by atoms with Crippen molar-refractivity contribution < 1.29 is 18.1 Å². The normalized spacial score (nSPS) is 9.00. The summed E-state index contributed by atoms with van der Waals surface area (Å²) in [4.78, 5) is 0. The van der Waals surface area contributed by atoms with Gasteiger partial charge in [-0.3, -0.25) is 0 Å². The van der Waals surface area contributed by atoms with Crippen LogP contribution in [0.1, 0.15) is 27.2 Å². The van der Waals surface area contributed by atoms with E-state index in [9.17, 15) is 0 Å². The molecule has 0 unspecified atom stereocenters. The molecule has 0 aromatic rings. The molecular weight excluding hydrogens is 145 g/mol. The molecule has 0 saturated heterocycles. The van der Waals surface area contributed by atoms with Crippen molar-refractivity contribution in [3.63, 3.8) is 0 Å². The lowest BCUT2D eigenvalue weighted by Gasteiger charge is -2.08. The third kappa shape index (κ3) is 16.0. The lowest BCUT2D eigenvalue weighted by atomic mass is 10.1. The molecule has 0 aliphatic rings. The summed E-state index contributed by atoms with van der Waals surface area (Å²) < 4.78 is 0. The summed E-state index contributed by atoms with van der Waals surface area (Å²) in [6.45, 7) is 6.41. The molecule has 0 bridgehead atoms. The molecule has 0 aromatic heterocycles.